The first-order chi connectivity index (χ1) is 9.74. The van der Waals surface area contributed by atoms with E-state index in [1.165, 1.54) is 0 Å². The highest BCUT2D eigenvalue weighted by Gasteiger charge is 2.04. The highest BCUT2D eigenvalue weighted by Crippen LogP contribution is 2.10. The summed E-state index contributed by atoms with van der Waals surface area (Å²) >= 11 is 3.32. The van der Waals surface area contributed by atoms with Gasteiger partial charge in [-0.25, -0.2) is 4.79 Å². The smallest absolute Gasteiger partial charge is 0.332 e. The fourth-order valence-electron chi connectivity index (χ4n) is 1.57. The van der Waals surface area contributed by atoms with Crippen molar-refractivity contribution in [1.82, 2.24) is 4.98 Å². The standard InChI is InChI=1S/C15H14BrNO3/c16-14-6-13(7-17-8-14)9-19-11-15(18)20-10-12-4-2-1-3-5-12/h1-8H,9-11H2. The second-order valence-electron chi connectivity index (χ2n) is 4.15. The molecule has 0 radical (unpaired) electrons. The molecule has 0 saturated carbocycles. The highest BCUT2D eigenvalue weighted by atomic mass is 79.9. The van der Waals surface area contributed by atoms with Crippen LogP contribution in [0.5, 0.6) is 0 Å². The molecule has 0 spiro atoms. The molecule has 5 heteroatoms. The molecule has 1 aromatic heterocycles. The van der Waals surface area contributed by atoms with Crippen LogP contribution in [0, 0.1) is 0 Å². The Balaban J connectivity index is 1.68. The van der Waals surface area contributed by atoms with E-state index in [1.807, 2.05) is 36.4 Å². The summed E-state index contributed by atoms with van der Waals surface area (Å²) in [6.45, 7) is 0.522. The first-order valence-electron chi connectivity index (χ1n) is 6.11. The number of pyridine rings is 1. The Bertz CT molecular complexity index is 560. The van der Waals surface area contributed by atoms with Crippen molar-refractivity contribution in [2.24, 2.45) is 0 Å². The Morgan fingerprint density at radius 1 is 1.10 bits per heavy atom. The normalized spacial score (nSPS) is 10.2. The number of benzene rings is 1. The fourth-order valence-corrected chi connectivity index (χ4v) is 1.98. The maximum Gasteiger partial charge on any atom is 0.332 e. The summed E-state index contributed by atoms with van der Waals surface area (Å²) in [5.41, 5.74) is 1.85. The van der Waals surface area contributed by atoms with Gasteiger partial charge >= 0.3 is 5.97 Å². The van der Waals surface area contributed by atoms with Crippen LogP contribution >= 0.6 is 15.9 Å². The number of halogens is 1. The van der Waals surface area contributed by atoms with Crippen molar-refractivity contribution in [2.45, 2.75) is 13.2 Å². The summed E-state index contributed by atoms with van der Waals surface area (Å²) in [7, 11) is 0. The monoisotopic (exact) mass is 335 g/mol. The van der Waals surface area contributed by atoms with E-state index < -0.39 is 0 Å². The third-order valence-electron chi connectivity index (χ3n) is 2.49. The van der Waals surface area contributed by atoms with Gasteiger partial charge in [-0.15, -0.1) is 0 Å². The molecule has 2 aromatic rings. The summed E-state index contributed by atoms with van der Waals surface area (Å²) in [6, 6.07) is 11.4. The van der Waals surface area contributed by atoms with Gasteiger partial charge in [0.2, 0.25) is 0 Å². The summed E-state index contributed by atoms with van der Waals surface area (Å²) in [4.78, 5) is 15.5. The van der Waals surface area contributed by atoms with Crippen LogP contribution in [0.3, 0.4) is 0 Å². The average molecular weight is 336 g/mol. The largest absolute Gasteiger partial charge is 0.459 e. The second-order valence-corrected chi connectivity index (χ2v) is 5.07. The lowest BCUT2D eigenvalue weighted by atomic mass is 10.2. The van der Waals surface area contributed by atoms with Crippen LogP contribution in [0.2, 0.25) is 0 Å². The molecule has 0 aliphatic heterocycles. The Labute approximate surface area is 125 Å². The van der Waals surface area contributed by atoms with Gasteiger partial charge in [0.15, 0.2) is 0 Å². The predicted octanol–water partition coefficient (Wildman–Crippen LogP) is 3.10. The topological polar surface area (TPSA) is 48.4 Å². The van der Waals surface area contributed by atoms with E-state index in [9.17, 15) is 4.79 Å². The Kier molecular flexibility index (Phi) is 5.70. The number of rotatable bonds is 6. The van der Waals surface area contributed by atoms with Crippen molar-refractivity contribution in [1.29, 1.82) is 0 Å². The molecule has 0 unspecified atom stereocenters. The average Bonchev–Trinajstić information content (AvgIpc) is 2.46. The maximum absolute atomic E-state index is 11.5. The molecule has 2 rings (SSSR count). The van der Waals surface area contributed by atoms with E-state index in [4.69, 9.17) is 9.47 Å². The summed E-state index contributed by atoms with van der Waals surface area (Å²) in [6.07, 6.45) is 3.39. The van der Waals surface area contributed by atoms with Gasteiger partial charge in [-0.1, -0.05) is 30.3 Å². The van der Waals surface area contributed by atoms with Crippen molar-refractivity contribution in [2.75, 3.05) is 6.61 Å². The molecule has 0 atom stereocenters. The zero-order valence-electron chi connectivity index (χ0n) is 10.8. The van der Waals surface area contributed by atoms with Crippen LogP contribution in [0.4, 0.5) is 0 Å². The van der Waals surface area contributed by atoms with Crippen LogP contribution in [-0.4, -0.2) is 17.6 Å². The maximum atomic E-state index is 11.5. The third kappa shape index (κ3) is 5.11. The van der Waals surface area contributed by atoms with Crippen molar-refractivity contribution < 1.29 is 14.3 Å². The minimum absolute atomic E-state index is 0.0701. The molecule has 0 aliphatic carbocycles. The number of aromatic nitrogens is 1. The molecule has 0 fully saturated rings. The molecule has 0 amide bonds. The van der Waals surface area contributed by atoms with Crippen LogP contribution in [0.25, 0.3) is 0 Å². The minimum atomic E-state index is -0.378. The number of carbonyl (C=O) groups is 1. The third-order valence-corrected chi connectivity index (χ3v) is 2.93. The van der Waals surface area contributed by atoms with E-state index in [1.54, 1.807) is 12.4 Å². The van der Waals surface area contributed by atoms with Crippen LogP contribution in [-0.2, 0) is 27.5 Å². The van der Waals surface area contributed by atoms with Crippen LogP contribution in [0.15, 0.2) is 53.3 Å². The zero-order valence-corrected chi connectivity index (χ0v) is 12.4. The number of hydrogen-bond acceptors (Lipinski definition) is 4. The van der Waals surface area contributed by atoms with Crippen LogP contribution < -0.4 is 0 Å². The fraction of sp³-hybridized carbons (Fsp3) is 0.200. The van der Waals surface area contributed by atoms with Gasteiger partial charge < -0.3 is 9.47 Å². The molecule has 104 valence electrons. The highest BCUT2D eigenvalue weighted by molar-refractivity contribution is 9.10. The molecule has 0 N–H and O–H groups in total. The summed E-state index contributed by atoms with van der Waals surface area (Å²) in [5.74, 6) is -0.378. The lowest BCUT2D eigenvalue weighted by Gasteiger charge is -2.06. The Hall–Kier alpha value is -1.72. The van der Waals surface area contributed by atoms with Gasteiger partial charge in [0.05, 0.1) is 6.61 Å². The second kappa shape index (κ2) is 7.77. The Morgan fingerprint density at radius 3 is 2.65 bits per heavy atom. The number of hydrogen-bond donors (Lipinski definition) is 0. The first kappa shape index (κ1) is 14.7. The minimum Gasteiger partial charge on any atom is -0.459 e. The van der Waals surface area contributed by atoms with Crippen LogP contribution in [0.1, 0.15) is 11.1 Å². The van der Waals surface area contributed by atoms with E-state index in [0.717, 1.165) is 15.6 Å². The van der Waals surface area contributed by atoms with Gasteiger partial charge in [-0.2, -0.15) is 0 Å². The van der Waals surface area contributed by atoms with Gasteiger partial charge in [0.1, 0.15) is 13.2 Å². The quantitative estimate of drug-likeness (QED) is 0.761. The summed E-state index contributed by atoms with van der Waals surface area (Å²) in [5, 5.41) is 0. The lowest BCUT2D eigenvalue weighted by Crippen LogP contribution is -2.12. The number of carbonyl (C=O) groups excluding carboxylic acids is 1. The van der Waals surface area contributed by atoms with Gasteiger partial charge in [-0.05, 0) is 33.1 Å². The number of ether oxygens (including phenoxy) is 2. The molecular weight excluding hydrogens is 322 g/mol. The van der Waals surface area contributed by atoms with E-state index in [2.05, 4.69) is 20.9 Å². The Morgan fingerprint density at radius 2 is 1.90 bits per heavy atom. The predicted molar refractivity (Wildman–Crippen MR) is 77.8 cm³/mol. The molecule has 0 bridgehead atoms. The number of esters is 1. The van der Waals surface area contributed by atoms with Gasteiger partial charge in [0.25, 0.3) is 0 Å². The van der Waals surface area contributed by atoms with Crippen molar-refractivity contribution in [3.05, 3.63) is 64.4 Å². The first-order valence-corrected chi connectivity index (χ1v) is 6.90. The molecular formula is C15H14BrNO3. The van der Waals surface area contributed by atoms with Crippen molar-refractivity contribution >= 4 is 21.9 Å². The van der Waals surface area contributed by atoms with Gasteiger partial charge in [-0.3, -0.25) is 4.98 Å². The zero-order chi connectivity index (χ0) is 14.2. The molecule has 20 heavy (non-hydrogen) atoms. The summed E-state index contributed by atoms with van der Waals surface area (Å²) < 4.78 is 11.3. The van der Waals surface area contributed by atoms with Gasteiger partial charge in [0, 0.05) is 16.9 Å². The SMILES string of the molecule is O=C(COCc1cncc(Br)c1)OCc1ccccc1. The molecule has 1 heterocycles. The van der Waals surface area contributed by atoms with E-state index >= 15 is 0 Å². The lowest BCUT2D eigenvalue weighted by molar-refractivity contribution is -0.150. The number of nitrogens with zero attached hydrogens (tertiary/aromatic N) is 1. The van der Waals surface area contributed by atoms with E-state index in [-0.39, 0.29) is 19.2 Å². The molecule has 0 saturated heterocycles. The molecule has 1 aromatic carbocycles. The molecule has 4 nitrogen and oxygen atoms in total. The van der Waals surface area contributed by atoms with Crippen molar-refractivity contribution in [3.63, 3.8) is 0 Å². The molecule has 0 aliphatic rings. The van der Waals surface area contributed by atoms with Crippen molar-refractivity contribution in [3.8, 4) is 0 Å². The van der Waals surface area contributed by atoms with E-state index in [0.29, 0.717) is 6.61 Å².